The highest BCUT2D eigenvalue weighted by molar-refractivity contribution is 7.92. The fourth-order valence-corrected chi connectivity index (χ4v) is 5.23. The van der Waals surface area contributed by atoms with Crippen molar-refractivity contribution in [2.24, 2.45) is 0 Å². The second kappa shape index (κ2) is 12.2. The van der Waals surface area contributed by atoms with Crippen molar-refractivity contribution in [2.45, 2.75) is 57.5 Å². The van der Waals surface area contributed by atoms with E-state index >= 15 is 0 Å². The van der Waals surface area contributed by atoms with E-state index in [-0.39, 0.29) is 24.2 Å². The second-order valence-electron chi connectivity index (χ2n) is 9.09. The van der Waals surface area contributed by atoms with Crippen LogP contribution in [0.4, 0.5) is 10.1 Å². The third-order valence-electron chi connectivity index (χ3n) is 6.38. The van der Waals surface area contributed by atoms with Gasteiger partial charge in [-0.05, 0) is 49.9 Å². The fraction of sp³-hybridized carbons (Fsp3) is 0.462. The highest BCUT2D eigenvalue weighted by Gasteiger charge is 2.31. The predicted octanol–water partition coefficient (Wildman–Crippen LogP) is 3.50. The molecule has 1 atom stereocenters. The lowest BCUT2D eigenvalue weighted by molar-refractivity contribution is -0.139. The highest BCUT2D eigenvalue weighted by Crippen LogP contribution is 2.20. The number of hydrogen-bond acceptors (Lipinski definition) is 4. The first-order chi connectivity index (χ1) is 16.6. The molecule has 2 amide bonds. The van der Waals surface area contributed by atoms with Gasteiger partial charge in [0.05, 0.1) is 11.9 Å². The van der Waals surface area contributed by atoms with Crippen molar-refractivity contribution in [1.82, 2.24) is 10.2 Å². The summed E-state index contributed by atoms with van der Waals surface area (Å²) in [5.41, 5.74) is 1.05. The minimum Gasteiger partial charge on any atom is -0.352 e. The molecule has 0 aliphatic heterocycles. The van der Waals surface area contributed by atoms with E-state index in [1.165, 1.54) is 23.1 Å². The Labute approximate surface area is 207 Å². The minimum absolute atomic E-state index is 0.0585. The maximum absolute atomic E-state index is 13.8. The summed E-state index contributed by atoms with van der Waals surface area (Å²) in [6.07, 6.45) is 6.59. The van der Waals surface area contributed by atoms with Crippen LogP contribution < -0.4 is 9.62 Å². The molecule has 0 radical (unpaired) electrons. The van der Waals surface area contributed by atoms with Crippen LogP contribution in [0.1, 0.15) is 44.6 Å². The Kier molecular flexibility index (Phi) is 9.26. The molecule has 3 rings (SSSR count). The average Bonchev–Trinajstić information content (AvgIpc) is 2.83. The maximum atomic E-state index is 13.8. The Hall–Kier alpha value is -2.94. The van der Waals surface area contributed by atoms with Crippen LogP contribution >= 0.6 is 0 Å². The number of rotatable bonds is 10. The zero-order valence-electron chi connectivity index (χ0n) is 20.3. The smallest absolute Gasteiger partial charge is 0.244 e. The normalized spacial score (nSPS) is 15.3. The summed E-state index contributed by atoms with van der Waals surface area (Å²) in [5.74, 6) is -1.39. The van der Waals surface area contributed by atoms with Gasteiger partial charge >= 0.3 is 0 Å². The third-order valence-corrected chi connectivity index (χ3v) is 7.52. The lowest BCUT2D eigenvalue weighted by Gasteiger charge is -2.33. The molecule has 1 saturated carbocycles. The van der Waals surface area contributed by atoms with Crippen molar-refractivity contribution in [3.8, 4) is 0 Å². The molecule has 1 aliphatic carbocycles. The first kappa shape index (κ1) is 26.7. The van der Waals surface area contributed by atoms with Crippen molar-refractivity contribution in [3.05, 3.63) is 66.0 Å². The van der Waals surface area contributed by atoms with Gasteiger partial charge in [0.25, 0.3) is 0 Å². The van der Waals surface area contributed by atoms with Crippen molar-refractivity contribution in [3.63, 3.8) is 0 Å². The molecule has 1 aliphatic rings. The van der Waals surface area contributed by atoms with Crippen LogP contribution in [0.3, 0.4) is 0 Å². The van der Waals surface area contributed by atoms with Crippen molar-refractivity contribution in [2.75, 3.05) is 23.7 Å². The molecule has 0 heterocycles. The first-order valence-corrected chi connectivity index (χ1v) is 13.9. The summed E-state index contributed by atoms with van der Waals surface area (Å²) in [7, 11) is -3.88. The van der Waals surface area contributed by atoms with Gasteiger partial charge in [0.2, 0.25) is 21.8 Å². The quantitative estimate of drug-likeness (QED) is 0.538. The summed E-state index contributed by atoms with van der Waals surface area (Å²) in [4.78, 5) is 28.0. The Bertz CT molecular complexity index is 1100. The van der Waals surface area contributed by atoms with Gasteiger partial charge in [-0.15, -0.1) is 0 Å². The monoisotopic (exact) mass is 503 g/mol. The number of benzene rings is 2. The first-order valence-electron chi connectivity index (χ1n) is 12.0. The molecule has 9 heteroatoms. The van der Waals surface area contributed by atoms with Gasteiger partial charge in [0.1, 0.15) is 18.4 Å². The van der Waals surface area contributed by atoms with E-state index in [1.807, 2.05) is 30.3 Å². The predicted molar refractivity (Wildman–Crippen MR) is 135 cm³/mol. The summed E-state index contributed by atoms with van der Waals surface area (Å²) < 4.78 is 39.7. The zero-order chi connectivity index (χ0) is 25.4. The lowest BCUT2D eigenvalue weighted by atomic mass is 9.95. The van der Waals surface area contributed by atoms with E-state index in [2.05, 4.69) is 5.32 Å². The number of sulfonamides is 1. The molecule has 0 bridgehead atoms. The van der Waals surface area contributed by atoms with Gasteiger partial charge in [-0.1, -0.05) is 55.7 Å². The van der Waals surface area contributed by atoms with Gasteiger partial charge in [0.15, 0.2) is 0 Å². The molecule has 0 spiro atoms. The van der Waals surface area contributed by atoms with E-state index in [0.717, 1.165) is 54.3 Å². The maximum Gasteiger partial charge on any atom is 0.244 e. The van der Waals surface area contributed by atoms with E-state index in [4.69, 9.17) is 0 Å². The number of nitrogens with zero attached hydrogens (tertiary/aromatic N) is 2. The molecular formula is C26H34FN3O4S. The molecule has 7 nitrogen and oxygen atoms in total. The zero-order valence-corrected chi connectivity index (χ0v) is 21.1. The number of amides is 2. The molecule has 0 aromatic heterocycles. The number of carbonyl (C=O) groups is 2. The number of anilines is 1. The number of halogens is 1. The molecule has 2 aromatic carbocycles. The number of hydrogen-bond donors (Lipinski definition) is 1. The SMILES string of the molecule is C[C@@H](C(=O)NC1CCCCC1)N(CCc1ccccc1)C(=O)CN(c1cccc(F)c1)S(C)(=O)=O. The van der Waals surface area contributed by atoms with Crippen LogP contribution in [0.25, 0.3) is 0 Å². The van der Waals surface area contributed by atoms with Crippen molar-refractivity contribution in [1.29, 1.82) is 0 Å². The van der Waals surface area contributed by atoms with E-state index in [9.17, 15) is 22.4 Å². The van der Waals surface area contributed by atoms with Crippen LogP contribution in [0, 0.1) is 5.82 Å². The summed E-state index contributed by atoms with van der Waals surface area (Å²) >= 11 is 0. The summed E-state index contributed by atoms with van der Waals surface area (Å²) in [6.45, 7) is 1.37. The molecule has 1 fully saturated rings. The third kappa shape index (κ3) is 7.78. The van der Waals surface area contributed by atoms with Gasteiger partial charge in [0, 0.05) is 12.6 Å². The van der Waals surface area contributed by atoms with Gasteiger partial charge in [-0.3, -0.25) is 13.9 Å². The van der Waals surface area contributed by atoms with Gasteiger partial charge < -0.3 is 10.2 Å². The second-order valence-corrected chi connectivity index (χ2v) is 11.0. The van der Waals surface area contributed by atoms with Crippen LogP contribution in [-0.4, -0.2) is 56.6 Å². The topological polar surface area (TPSA) is 86.8 Å². The van der Waals surface area contributed by atoms with E-state index in [0.29, 0.717) is 6.42 Å². The Morgan fingerprint density at radius 1 is 1.06 bits per heavy atom. The molecule has 190 valence electrons. The van der Waals surface area contributed by atoms with E-state index < -0.39 is 34.3 Å². The average molecular weight is 504 g/mol. The molecule has 0 unspecified atom stereocenters. The molecular weight excluding hydrogens is 469 g/mol. The molecule has 35 heavy (non-hydrogen) atoms. The van der Waals surface area contributed by atoms with Gasteiger partial charge in [-0.25, -0.2) is 12.8 Å². The number of nitrogens with one attached hydrogen (secondary N) is 1. The Morgan fingerprint density at radius 3 is 2.37 bits per heavy atom. The van der Waals surface area contributed by atoms with Crippen LogP contribution in [0.2, 0.25) is 0 Å². The summed E-state index contributed by atoms with van der Waals surface area (Å²) in [5, 5.41) is 3.06. The lowest BCUT2D eigenvalue weighted by Crippen LogP contribution is -2.53. The Morgan fingerprint density at radius 2 is 1.74 bits per heavy atom. The largest absolute Gasteiger partial charge is 0.352 e. The standard InChI is InChI=1S/C26H34FN3O4S/c1-20(26(32)28-23-13-7-4-8-14-23)29(17-16-21-10-5-3-6-11-21)25(31)19-30(35(2,33)34)24-15-9-12-22(27)18-24/h3,5-6,9-12,15,18,20,23H,4,7-8,13-14,16-17,19H2,1-2H3,(H,28,32)/t20-/m0/s1. The highest BCUT2D eigenvalue weighted by atomic mass is 32.2. The fourth-order valence-electron chi connectivity index (χ4n) is 4.38. The minimum atomic E-state index is -3.88. The van der Waals surface area contributed by atoms with Crippen LogP contribution in [0.5, 0.6) is 0 Å². The van der Waals surface area contributed by atoms with Crippen molar-refractivity contribution >= 4 is 27.5 Å². The van der Waals surface area contributed by atoms with Gasteiger partial charge in [-0.2, -0.15) is 0 Å². The Balaban J connectivity index is 1.81. The number of carbonyl (C=O) groups excluding carboxylic acids is 2. The molecule has 0 saturated heterocycles. The molecule has 2 aromatic rings. The molecule has 1 N–H and O–H groups in total. The van der Waals surface area contributed by atoms with Crippen LogP contribution in [0.15, 0.2) is 54.6 Å². The van der Waals surface area contributed by atoms with E-state index in [1.54, 1.807) is 6.92 Å². The summed E-state index contributed by atoms with van der Waals surface area (Å²) in [6, 6.07) is 14.0. The van der Waals surface area contributed by atoms with Crippen LogP contribution in [-0.2, 0) is 26.0 Å². The van der Waals surface area contributed by atoms with Crippen molar-refractivity contribution < 1.29 is 22.4 Å².